The maximum Gasteiger partial charge on any atom is 0.242 e. The monoisotopic (exact) mass is 424 g/mol. The Morgan fingerprint density at radius 1 is 1.12 bits per heavy atom. The highest BCUT2D eigenvalue weighted by atomic mass is 79.9. The van der Waals surface area contributed by atoms with Gasteiger partial charge in [0.15, 0.2) is 0 Å². The van der Waals surface area contributed by atoms with Crippen molar-refractivity contribution >= 4 is 48.3 Å². The van der Waals surface area contributed by atoms with Crippen molar-refractivity contribution < 1.29 is 8.42 Å². The number of sulfonamides is 1. The summed E-state index contributed by atoms with van der Waals surface area (Å²) in [6.45, 7) is 1.81. The summed E-state index contributed by atoms with van der Waals surface area (Å²) in [5.41, 5.74) is 0.887. The molecule has 0 fully saturated rings. The SMILES string of the molecule is C[C@H](NS(=O)(=O)c1cnc(Cl)c(Br)c1)c1ccc2ccccc2c1. The zero-order chi connectivity index (χ0) is 17.3. The Labute approximate surface area is 154 Å². The summed E-state index contributed by atoms with van der Waals surface area (Å²) in [5, 5.41) is 2.40. The number of rotatable bonds is 4. The summed E-state index contributed by atoms with van der Waals surface area (Å²) in [6, 6.07) is 14.9. The second-order valence-corrected chi connectivity index (χ2v) is 8.32. The van der Waals surface area contributed by atoms with E-state index in [-0.39, 0.29) is 16.1 Å². The molecule has 0 aliphatic rings. The van der Waals surface area contributed by atoms with E-state index in [9.17, 15) is 8.42 Å². The minimum Gasteiger partial charge on any atom is -0.242 e. The lowest BCUT2D eigenvalue weighted by molar-refractivity contribution is 0.566. The number of nitrogens with one attached hydrogen (secondary N) is 1. The van der Waals surface area contributed by atoms with Crippen LogP contribution in [0.3, 0.4) is 0 Å². The van der Waals surface area contributed by atoms with Crippen LogP contribution in [0.1, 0.15) is 18.5 Å². The van der Waals surface area contributed by atoms with Crippen molar-refractivity contribution in [3.05, 3.63) is 69.9 Å². The fourth-order valence-electron chi connectivity index (χ4n) is 2.40. The fourth-order valence-corrected chi connectivity index (χ4v) is 4.20. The molecule has 0 aliphatic carbocycles. The van der Waals surface area contributed by atoms with Gasteiger partial charge in [0.05, 0.1) is 4.47 Å². The van der Waals surface area contributed by atoms with E-state index in [1.54, 1.807) is 6.92 Å². The molecule has 1 atom stereocenters. The fraction of sp³-hybridized carbons (Fsp3) is 0.118. The molecule has 0 aliphatic heterocycles. The number of hydrogen-bond acceptors (Lipinski definition) is 3. The van der Waals surface area contributed by atoms with Gasteiger partial charge in [-0.15, -0.1) is 0 Å². The van der Waals surface area contributed by atoms with Crippen LogP contribution in [0.2, 0.25) is 5.15 Å². The van der Waals surface area contributed by atoms with E-state index in [4.69, 9.17) is 11.6 Å². The van der Waals surface area contributed by atoms with Crippen LogP contribution < -0.4 is 4.72 Å². The molecule has 7 heteroatoms. The van der Waals surface area contributed by atoms with Gasteiger partial charge in [-0.25, -0.2) is 18.1 Å². The number of benzene rings is 2. The van der Waals surface area contributed by atoms with E-state index >= 15 is 0 Å². The smallest absolute Gasteiger partial charge is 0.242 e. The van der Waals surface area contributed by atoms with Crippen molar-refractivity contribution in [2.45, 2.75) is 17.9 Å². The topological polar surface area (TPSA) is 59.1 Å². The molecule has 0 unspecified atom stereocenters. The van der Waals surface area contributed by atoms with Crippen LogP contribution in [-0.2, 0) is 10.0 Å². The standard InChI is InChI=1S/C17H14BrClN2O2S/c1-11(13-7-6-12-4-2-3-5-14(12)8-13)21-24(22,23)15-9-16(18)17(19)20-10-15/h2-11,21H,1H3/t11-/m0/s1. The van der Waals surface area contributed by atoms with Crippen molar-refractivity contribution in [2.24, 2.45) is 0 Å². The van der Waals surface area contributed by atoms with E-state index < -0.39 is 10.0 Å². The Bertz CT molecular complexity index is 1010. The second-order valence-electron chi connectivity index (χ2n) is 5.39. The number of pyridine rings is 1. The van der Waals surface area contributed by atoms with Gasteiger partial charge in [0.1, 0.15) is 10.0 Å². The second kappa shape index (κ2) is 6.80. The van der Waals surface area contributed by atoms with Gasteiger partial charge in [0.25, 0.3) is 0 Å². The van der Waals surface area contributed by atoms with E-state index in [2.05, 4.69) is 25.6 Å². The van der Waals surface area contributed by atoms with Crippen LogP contribution in [0.4, 0.5) is 0 Å². The molecule has 1 aromatic heterocycles. The summed E-state index contributed by atoms with van der Waals surface area (Å²) in [4.78, 5) is 3.93. The number of hydrogen-bond donors (Lipinski definition) is 1. The maximum atomic E-state index is 12.5. The van der Waals surface area contributed by atoms with Gasteiger partial charge in [-0.3, -0.25) is 0 Å². The first-order chi connectivity index (χ1) is 11.4. The first-order valence-corrected chi connectivity index (χ1v) is 9.84. The molecule has 0 amide bonds. The van der Waals surface area contributed by atoms with Gasteiger partial charge in [-0.05, 0) is 51.3 Å². The summed E-state index contributed by atoms with van der Waals surface area (Å²) < 4.78 is 28.2. The van der Waals surface area contributed by atoms with Gasteiger partial charge < -0.3 is 0 Å². The van der Waals surface area contributed by atoms with Crippen LogP contribution in [0.15, 0.2) is 64.1 Å². The Hall–Kier alpha value is -1.47. The summed E-state index contributed by atoms with van der Waals surface area (Å²) in [7, 11) is -3.70. The molecule has 0 saturated heterocycles. The first-order valence-electron chi connectivity index (χ1n) is 7.19. The largest absolute Gasteiger partial charge is 0.242 e. The third kappa shape index (κ3) is 3.62. The lowest BCUT2D eigenvalue weighted by Crippen LogP contribution is -2.27. The summed E-state index contributed by atoms with van der Waals surface area (Å²) in [5.74, 6) is 0. The molecule has 1 N–H and O–H groups in total. The lowest BCUT2D eigenvalue weighted by Gasteiger charge is -2.15. The highest BCUT2D eigenvalue weighted by Crippen LogP contribution is 2.25. The van der Waals surface area contributed by atoms with Gasteiger partial charge in [0, 0.05) is 12.2 Å². The quantitative estimate of drug-likeness (QED) is 0.617. The third-order valence-corrected chi connectivity index (χ3v) is 6.33. The van der Waals surface area contributed by atoms with E-state index in [1.807, 2.05) is 42.5 Å². The Balaban J connectivity index is 1.88. The van der Waals surface area contributed by atoms with Crippen molar-refractivity contribution in [3.8, 4) is 0 Å². The number of fused-ring (bicyclic) bond motifs is 1. The summed E-state index contributed by atoms with van der Waals surface area (Å²) in [6.07, 6.45) is 1.24. The molecule has 124 valence electrons. The van der Waals surface area contributed by atoms with Crippen LogP contribution in [0.25, 0.3) is 10.8 Å². The normalized spacial score (nSPS) is 13.1. The lowest BCUT2D eigenvalue weighted by atomic mass is 10.0. The predicted molar refractivity (Wildman–Crippen MR) is 99.6 cm³/mol. The molecule has 0 spiro atoms. The zero-order valence-corrected chi connectivity index (χ0v) is 15.9. The highest BCUT2D eigenvalue weighted by molar-refractivity contribution is 9.10. The zero-order valence-electron chi connectivity index (χ0n) is 12.7. The Morgan fingerprint density at radius 3 is 2.54 bits per heavy atom. The van der Waals surface area contributed by atoms with Crippen molar-refractivity contribution in [3.63, 3.8) is 0 Å². The van der Waals surface area contributed by atoms with E-state index in [0.717, 1.165) is 16.3 Å². The van der Waals surface area contributed by atoms with Crippen molar-refractivity contribution in [1.29, 1.82) is 0 Å². The minimum atomic E-state index is -3.70. The predicted octanol–water partition coefficient (Wildman–Crippen LogP) is 4.69. The minimum absolute atomic E-state index is 0.0615. The summed E-state index contributed by atoms with van der Waals surface area (Å²) >= 11 is 9.00. The average molecular weight is 426 g/mol. The van der Waals surface area contributed by atoms with E-state index in [0.29, 0.717) is 4.47 Å². The van der Waals surface area contributed by atoms with Crippen molar-refractivity contribution in [1.82, 2.24) is 9.71 Å². The molecule has 3 aromatic rings. The molecule has 3 rings (SSSR count). The van der Waals surface area contributed by atoms with Crippen LogP contribution >= 0.6 is 27.5 Å². The molecular weight excluding hydrogens is 412 g/mol. The molecule has 0 radical (unpaired) electrons. The molecular formula is C17H14BrClN2O2S. The van der Waals surface area contributed by atoms with Gasteiger partial charge in [0.2, 0.25) is 10.0 Å². The molecule has 2 aromatic carbocycles. The Kier molecular flexibility index (Phi) is 4.92. The van der Waals surface area contributed by atoms with Crippen LogP contribution in [0, 0.1) is 0 Å². The highest BCUT2D eigenvalue weighted by Gasteiger charge is 2.20. The van der Waals surface area contributed by atoms with Crippen molar-refractivity contribution in [2.75, 3.05) is 0 Å². The molecule has 0 bridgehead atoms. The van der Waals surface area contributed by atoms with Crippen LogP contribution in [-0.4, -0.2) is 13.4 Å². The number of halogens is 2. The Morgan fingerprint density at radius 2 is 1.83 bits per heavy atom. The molecule has 1 heterocycles. The van der Waals surface area contributed by atoms with E-state index in [1.165, 1.54) is 12.3 Å². The van der Waals surface area contributed by atoms with Gasteiger partial charge in [-0.2, -0.15) is 0 Å². The first kappa shape index (κ1) is 17.4. The molecule has 4 nitrogen and oxygen atoms in total. The van der Waals surface area contributed by atoms with Crippen LogP contribution in [0.5, 0.6) is 0 Å². The average Bonchev–Trinajstić information content (AvgIpc) is 2.56. The molecule has 24 heavy (non-hydrogen) atoms. The third-order valence-electron chi connectivity index (χ3n) is 3.69. The van der Waals surface area contributed by atoms with Gasteiger partial charge >= 0.3 is 0 Å². The number of aromatic nitrogens is 1. The molecule has 0 saturated carbocycles. The van der Waals surface area contributed by atoms with Gasteiger partial charge in [-0.1, -0.05) is 48.0 Å². The number of nitrogens with zero attached hydrogens (tertiary/aromatic N) is 1. The maximum absolute atomic E-state index is 12.5.